The molecule has 0 unspecified atom stereocenters. The minimum absolute atomic E-state index is 0.0583. The van der Waals surface area contributed by atoms with Crippen LogP contribution in [0.1, 0.15) is 17.0 Å². The fourth-order valence-corrected chi connectivity index (χ4v) is 3.84. The Morgan fingerprint density at radius 1 is 0.938 bits per heavy atom. The zero-order valence-electron chi connectivity index (χ0n) is 17.5. The molecule has 2 N–H and O–H groups in total. The first-order valence-corrected chi connectivity index (χ1v) is 10.3. The van der Waals surface area contributed by atoms with E-state index in [4.69, 9.17) is 21.7 Å². The largest absolute Gasteiger partial charge is 0.493 e. The molecule has 32 heavy (non-hydrogen) atoms. The summed E-state index contributed by atoms with van der Waals surface area (Å²) in [5.41, 5.74) is 4.29. The molecule has 4 rings (SSSR count). The standard InChI is InChI=1S/C24H21N3O4S/c1-30-19-13-17-18(14-20(19)31-2)25-24(32)27(23(17)29)26-22(28)21(15-9-5-3-6-10-15)16-11-7-4-8-12-16/h3-14,21H,1-2H3,(H,25,32)(H,26,28). The molecule has 4 aromatic rings. The molecule has 0 radical (unpaired) electrons. The Morgan fingerprint density at radius 2 is 1.47 bits per heavy atom. The van der Waals surface area contributed by atoms with Crippen molar-refractivity contribution in [3.63, 3.8) is 0 Å². The van der Waals surface area contributed by atoms with Crippen molar-refractivity contribution in [3.05, 3.63) is 99.0 Å². The smallest absolute Gasteiger partial charge is 0.281 e. The van der Waals surface area contributed by atoms with Crippen molar-refractivity contribution >= 4 is 29.0 Å². The fraction of sp³-hybridized carbons (Fsp3) is 0.125. The SMILES string of the molecule is COc1cc2[nH]c(=S)n(NC(=O)C(c3ccccc3)c3ccccc3)c(=O)c2cc1OC. The normalized spacial score (nSPS) is 10.8. The van der Waals surface area contributed by atoms with Gasteiger partial charge in [-0.15, -0.1) is 0 Å². The van der Waals surface area contributed by atoms with E-state index in [2.05, 4.69) is 10.4 Å². The minimum Gasteiger partial charge on any atom is -0.493 e. The van der Waals surface area contributed by atoms with Crippen molar-refractivity contribution in [2.75, 3.05) is 19.6 Å². The number of ether oxygens (including phenoxy) is 2. The summed E-state index contributed by atoms with van der Waals surface area (Å²) in [6.07, 6.45) is 0. The summed E-state index contributed by atoms with van der Waals surface area (Å²) < 4.78 is 11.7. The average Bonchev–Trinajstić information content (AvgIpc) is 2.82. The number of aromatic nitrogens is 2. The molecule has 0 bridgehead atoms. The Bertz CT molecular complexity index is 1340. The van der Waals surface area contributed by atoms with Gasteiger partial charge in [-0.25, -0.2) is 0 Å². The molecule has 1 amide bonds. The molecule has 3 aromatic carbocycles. The number of methoxy groups -OCH3 is 2. The predicted octanol–water partition coefficient (Wildman–Crippen LogP) is 3.98. The highest BCUT2D eigenvalue weighted by atomic mass is 32.1. The van der Waals surface area contributed by atoms with Crippen molar-refractivity contribution in [2.45, 2.75) is 5.92 Å². The molecule has 0 saturated carbocycles. The third kappa shape index (κ3) is 4.00. The Hall–Kier alpha value is -3.91. The number of fused-ring (bicyclic) bond motifs is 1. The van der Waals surface area contributed by atoms with Crippen LogP contribution in [0.15, 0.2) is 77.6 Å². The number of H-pyrrole nitrogens is 1. The summed E-state index contributed by atoms with van der Waals surface area (Å²) in [5.74, 6) is -0.157. The van der Waals surface area contributed by atoms with E-state index in [0.29, 0.717) is 22.4 Å². The molecule has 0 saturated heterocycles. The average molecular weight is 448 g/mol. The molecule has 0 aliphatic heterocycles. The van der Waals surface area contributed by atoms with Crippen LogP contribution >= 0.6 is 12.2 Å². The minimum atomic E-state index is -0.625. The van der Waals surface area contributed by atoms with Crippen LogP contribution in [-0.4, -0.2) is 29.8 Å². The first-order chi connectivity index (χ1) is 15.5. The molecule has 162 valence electrons. The van der Waals surface area contributed by atoms with Crippen molar-refractivity contribution in [1.29, 1.82) is 0 Å². The van der Waals surface area contributed by atoms with Crippen molar-refractivity contribution in [3.8, 4) is 11.5 Å². The summed E-state index contributed by atoms with van der Waals surface area (Å²) in [6.45, 7) is 0. The Kier molecular flexibility index (Phi) is 6.04. The number of rotatable bonds is 6. The van der Waals surface area contributed by atoms with E-state index >= 15 is 0 Å². The molecule has 0 fully saturated rings. The summed E-state index contributed by atoms with van der Waals surface area (Å²) in [5, 5.41) is 0.299. The van der Waals surface area contributed by atoms with Crippen LogP contribution in [0.4, 0.5) is 0 Å². The molecular formula is C24H21N3O4S. The third-order valence-electron chi connectivity index (χ3n) is 5.15. The monoisotopic (exact) mass is 447 g/mol. The Balaban J connectivity index is 1.80. The van der Waals surface area contributed by atoms with Crippen LogP contribution in [0.5, 0.6) is 11.5 Å². The van der Waals surface area contributed by atoms with Gasteiger partial charge in [-0.3, -0.25) is 15.0 Å². The van der Waals surface area contributed by atoms with Gasteiger partial charge in [0.25, 0.3) is 11.5 Å². The van der Waals surface area contributed by atoms with Crippen LogP contribution in [0, 0.1) is 4.77 Å². The molecule has 8 heteroatoms. The van der Waals surface area contributed by atoms with Crippen LogP contribution in [0.2, 0.25) is 0 Å². The Labute approximate surface area is 189 Å². The van der Waals surface area contributed by atoms with Gasteiger partial charge in [0, 0.05) is 6.07 Å². The number of hydrogen-bond donors (Lipinski definition) is 2. The lowest BCUT2D eigenvalue weighted by Gasteiger charge is -2.19. The van der Waals surface area contributed by atoms with E-state index in [1.54, 1.807) is 12.1 Å². The highest BCUT2D eigenvalue weighted by Crippen LogP contribution is 2.30. The van der Waals surface area contributed by atoms with Gasteiger partial charge in [-0.05, 0) is 29.4 Å². The van der Waals surface area contributed by atoms with Gasteiger partial charge in [-0.2, -0.15) is 4.68 Å². The molecule has 0 spiro atoms. The van der Waals surface area contributed by atoms with Gasteiger partial charge in [0.05, 0.1) is 31.0 Å². The zero-order valence-corrected chi connectivity index (χ0v) is 18.3. The van der Waals surface area contributed by atoms with Crippen molar-refractivity contribution in [1.82, 2.24) is 9.66 Å². The van der Waals surface area contributed by atoms with Crippen LogP contribution in [0.3, 0.4) is 0 Å². The van der Waals surface area contributed by atoms with Gasteiger partial charge in [0.2, 0.25) is 0 Å². The second kappa shape index (κ2) is 9.07. The number of hydrogen-bond acceptors (Lipinski definition) is 5. The van der Waals surface area contributed by atoms with Crippen LogP contribution in [-0.2, 0) is 4.79 Å². The second-order valence-electron chi connectivity index (χ2n) is 7.05. The van der Waals surface area contributed by atoms with Gasteiger partial charge in [-0.1, -0.05) is 60.7 Å². The highest BCUT2D eigenvalue weighted by Gasteiger charge is 2.24. The lowest BCUT2D eigenvalue weighted by molar-refractivity contribution is -0.117. The van der Waals surface area contributed by atoms with E-state index in [1.165, 1.54) is 14.2 Å². The topological polar surface area (TPSA) is 85.4 Å². The maximum atomic E-state index is 13.4. The van der Waals surface area contributed by atoms with E-state index in [9.17, 15) is 9.59 Å². The zero-order chi connectivity index (χ0) is 22.7. The van der Waals surface area contributed by atoms with E-state index in [-0.39, 0.29) is 10.7 Å². The highest BCUT2D eigenvalue weighted by molar-refractivity contribution is 7.71. The summed E-state index contributed by atoms with van der Waals surface area (Å²) in [4.78, 5) is 29.6. The molecule has 0 atom stereocenters. The molecular weight excluding hydrogens is 426 g/mol. The number of carbonyl (C=O) groups is 1. The van der Waals surface area contributed by atoms with Gasteiger partial charge in [0.15, 0.2) is 16.3 Å². The third-order valence-corrected chi connectivity index (χ3v) is 5.44. The lowest BCUT2D eigenvalue weighted by Crippen LogP contribution is -2.37. The first kappa shape index (κ1) is 21.3. The van der Waals surface area contributed by atoms with Crippen LogP contribution < -0.4 is 20.5 Å². The van der Waals surface area contributed by atoms with E-state index < -0.39 is 11.5 Å². The number of amides is 1. The fourth-order valence-electron chi connectivity index (χ4n) is 3.61. The number of nitrogens with one attached hydrogen (secondary N) is 2. The quantitative estimate of drug-likeness (QED) is 0.437. The molecule has 0 aliphatic rings. The molecule has 7 nitrogen and oxygen atoms in total. The van der Waals surface area contributed by atoms with Gasteiger partial charge >= 0.3 is 0 Å². The number of aromatic amines is 1. The summed E-state index contributed by atoms with van der Waals surface area (Å²) in [7, 11) is 2.99. The lowest BCUT2D eigenvalue weighted by atomic mass is 9.91. The number of benzene rings is 3. The second-order valence-corrected chi connectivity index (χ2v) is 7.44. The maximum Gasteiger partial charge on any atom is 0.281 e. The first-order valence-electron chi connectivity index (χ1n) is 9.85. The van der Waals surface area contributed by atoms with E-state index in [1.807, 2.05) is 60.7 Å². The van der Waals surface area contributed by atoms with E-state index in [0.717, 1.165) is 15.8 Å². The molecule has 1 aromatic heterocycles. The maximum absolute atomic E-state index is 13.4. The molecule has 1 heterocycles. The van der Waals surface area contributed by atoms with Crippen molar-refractivity contribution in [2.24, 2.45) is 0 Å². The molecule has 0 aliphatic carbocycles. The predicted molar refractivity (Wildman–Crippen MR) is 126 cm³/mol. The number of nitrogens with zero attached hydrogens (tertiary/aromatic N) is 1. The number of carbonyl (C=O) groups excluding carboxylic acids is 1. The summed E-state index contributed by atoms with van der Waals surface area (Å²) >= 11 is 5.37. The Morgan fingerprint density at radius 3 is 2.00 bits per heavy atom. The van der Waals surface area contributed by atoms with Gasteiger partial charge in [0.1, 0.15) is 0 Å². The summed E-state index contributed by atoms with van der Waals surface area (Å²) in [6, 6.07) is 21.9. The van der Waals surface area contributed by atoms with Gasteiger partial charge < -0.3 is 14.5 Å². The van der Waals surface area contributed by atoms with Crippen LogP contribution in [0.25, 0.3) is 10.9 Å². The van der Waals surface area contributed by atoms with Crippen molar-refractivity contribution < 1.29 is 14.3 Å².